The van der Waals surface area contributed by atoms with Gasteiger partial charge in [0.05, 0.1) is 0 Å². The van der Waals surface area contributed by atoms with Gasteiger partial charge in [-0.05, 0) is 32.9 Å². The van der Waals surface area contributed by atoms with Gasteiger partial charge in [-0.3, -0.25) is 0 Å². The third-order valence-corrected chi connectivity index (χ3v) is 3.66. The molecule has 1 rings (SSSR count). The highest BCUT2D eigenvalue weighted by Gasteiger charge is 2.29. The monoisotopic (exact) mass is 311 g/mol. The van der Waals surface area contributed by atoms with Crippen LogP contribution in [0.4, 0.5) is 4.79 Å². The predicted octanol–water partition coefficient (Wildman–Crippen LogP) is 3.15. The lowest BCUT2D eigenvalue weighted by Crippen LogP contribution is -2.48. The van der Waals surface area contributed by atoms with Crippen molar-refractivity contribution in [2.45, 2.75) is 49.5 Å². The smallest absolute Gasteiger partial charge is 0.408 e. The molecule has 0 unspecified atom stereocenters. The second kappa shape index (κ2) is 7.36. The Morgan fingerprint density at radius 2 is 1.81 bits per heavy atom. The summed E-state index contributed by atoms with van der Waals surface area (Å²) < 4.78 is 5.10. The maximum Gasteiger partial charge on any atom is 0.408 e. The molecule has 0 fully saturated rings. The van der Waals surface area contributed by atoms with E-state index in [9.17, 15) is 14.7 Å². The largest absolute Gasteiger partial charge is 0.480 e. The van der Waals surface area contributed by atoms with Gasteiger partial charge in [0.15, 0.2) is 0 Å². The maximum atomic E-state index is 11.7. The number of rotatable bonds is 5. The number of aliphatic carboxylic acids is 1. The third-order valence-electron chi connectivity index (χ3n) is 2.47. The van der Waals surface area contributed by atoms with Gasteiger partial charge in [-0.25, -0.2) is 9.59 Å². The zero-order valence-electron chi connectivity index (χ0n) is 12.6. The van der Waals surface area contributed by atoms with Gasteiger partial charge in [0, 0.05) is 10.1 Å². The maximum absolute atomic E-state index is 11.7. The first-order chi connectivity index (χ1) is 9.69. The summed E-state index contributed by atoms with van der Waals surface area (Å²) in [4.78, 5) is 24.0. The molecule has 0 saturated heterocycles. The quantitative estimate of drug-likeness (QED) is 0.817. The molecule has 1 amide bonds. The van der Waals surface area contributed by atoms with Crippen molar-refractivity contribution >= 4 is 23.8 Å². The van der Waals surface area contributed by atoms with E-state index < -0.39 is 23.7 Å². The first kappa shape index (κ1) is 17.4. The minimum Gasteiger partial charge on any atom is -0.480 e. The second-order valence-corrected chi connectivity index (χ2v) is 7.05. The Balaban J connectivity index is 2.68. The van der Waals surface area contributed by atoms with Crippen molar-refractivity contribution in [2.24, 2.45) is 0 Å². The van der Waals surface area contributed by atoms with E-state index >= 15 is 0 Å². The van der Waals surface area contributed by atoms with Crippen LogP contribution in [0.15, 0.2) is 35.2 Å². The molecule has 116 valence electrons. The zero-order chi connectivity index (χ0) is 16.0. The molecule has 21 heavy (non-hydrogen) atoms. The molecule has 1 aromatic carbocycles. The van der Waals surface area contributed by atoms with Crippen LogP contribution in [-0.2, 0) is 9.53 Å². The Bertz CT molecular complexity index is 484. The van der Waals surface area contributed by atoms with Crippen molar-refractivity contribution in [3.8, 4) is 0 Å². The predicted molar refractivity (Wildman–Crippen MR) is 82.6 cm³/mol. The molecule has 2 N–H and O–H groups in total. The highest BCUT2D eigenvalue weighted by molar-refractivity contribution is 8.00. The van der Waals surface area contributed by atoms with Crippen molar-refractivity contribution in [3.63, 3.8) is 0 Å². The molecule has 0 spiro atoms. The van der Waals surface area contributed by atoms with Crippen LogP contribution in [0.5, 0.6) is 0 Å². The number of nitrogens with one attached hydrogen (secondary N) is 1. The fourth-order valence-electron chi connectivity index (χ4n) is 1.60. The molecule has 0 aliphatic rings. The molecule has 0 bridgehead atoms. The lowest BCUT2D eigenvalue weighted by Gasteiger charge is -2.24. The number of carboxylic acid groups (broad SMARTS) is 1. The van der Waals surface area contributed by atoms with Gasteiger partial charge in [0.25, 0.3) is 0 Å². The number of hydrogen-bond acceptors (Lipinski definition) is 4. The minimum absolute atomic E-state index is 0.336. The van der Waals surface area contributed by atoms with Gasteiger partial charge in [0.1, 0.15) is 11.6 Å². The molecule has 6 heteroatoms. The van der Waals surface area contributed by atoms with Crippen LogP contribution in [0, 0.1) is 0 Å². The van der Waals surface area contributed by atoms with Crippen LogP contribution in [0.3, 0.4) is 0 Å². The summed E-state index contributed by atoms with van der Waals surface area (Å²) in [5.74, 6) is -1.09. The summed E-state index contributed by atoms with van der Waals surface area (Å²) in [6, 6.07) is 8.42. The molecule has 1 aromatic rings. The minimum atomic E-state index is -1.09. The fourth-order valence-corrected chi connectivity index (χ4v) is 2.66. The van der Waals surface area contributed by atoms with Crippen LogP contribution >= 0.6 is 11.8 Å². The van der Waals surface area contributed by atoms with E-state index in [4.69, 9.17) is 4.74 Å². The second-order valence-electron chi connectivity index (χ2n) is 5.60. The molecule has 2 atom stereocenters. The molecule has 0 saturated carbocycles. The SMILES string of the molecule is C[C@H](Sc1ccccc1)[C@@H](NC(=O)OC(C)(C)C)C(=O)O. The van der Waals surface area contributed by atoms with Crippen molar-refractivity contribution in [2.75, 3.05) is 0 Å². The standard InChI is InChI=1S/C15H21NO4S/c1-10(21-11-8-6-5-7-9-11)12(13(17)18)16-14(19)20-15(2,3)4/h5-10,12H,1-4H3,(H,16,19)(H,17,18)/t10-,12+/m0/s1. The number of amides is 1. The molecule has 0 heterocycles. The number of carboxylic acids is 1. The number of thioether (sulfide) groups is 1. The normalized spacial score (nSPS) is 14.1. The number of carbonyl (C=O) groups is 2. The fraction of sp³-hybridized carbons (Fsp3) is 0.467. The number of carbonyl (C=O) groups excluding carboxylic acids is 1. The third kappa shape index (κ3) is 6.53. The summed E-state index contributed by atoms with van der Waals surface area (Å²) in [6.07, 6.45) is -0.726. The summed E-state index contributed by atoms with van der Waals surface area (Å²) in [7, 11) is 0. The number of benzene rings is 1. The lowest BCUT2D eigenvalue weighted by atomic mass is 10.2. The topological polar surface area (TPSA) is 75.6 Å². The number of ether oxygens (including phenoxy) is 1. The Labute approximate surface area is 129 Å². The van der Waals surface area contributed by atoms with Gasteiger partial charge in [-0.15, -0.1) is 11.8 Å². The van der Waals surface area contributed by atoms with Crippen LogP contribution < -0.4 is 5.32 Å². The van der Waals surface area contributed by atoms with E-state index in [0.29, 0.717) is 0 Å². The van der Waals surface area contributed by atoms with Crippen molar-refractivity contribution in [1.82, 2.24) is 5.32 Å². The van der Waals surface area contributed by atoms with E-state index in [2.05, 4.69) is 5.32 Å². The molecule has 5 nitrogen and oxygen atoms in total. The molecule has 0 radical (unpaired) electrons. The summed E-state index contributed by atoms with van der Waals surface area (Å²) in [6.45, 7) is 6.94. The Hall–Kier alpha value is -1.69. The lowest BCUT2D eigenvalue weighted by molar-refractivity contribution is -0.139. The highest BCUT2D eigenvalue weighted by Crippen LogP contribution is 2.25. The van der Waals surface area contributed by atoms with E-state index in [1.54, 1.807) is 27.7 Å². The first-order valence-corrected chi connectivity index (χ1v) is 7.51. The Kier molecular flexibility index (Phi) is 6.08. The van der Waals surface area contributed by atoms with Gasteiger partial charge in [-0.2, -0.15) is 0 Å². The van der Waals surface area contributed by atoms with Gasteiger partial charge < -0.3 is 15.2 Å². The van der Waals surface area contributed by atoms with Gasteiger partial charge in [0.2, 0.25) is 0 Å². The van der Waals surface area contributed by atoms with E-state index in [1.807, 2.05) is 30.3 Å². The molecular weight excluding hydrogens is 290 g/mol. The van der Waals surface area contributed by atoms with Crippen LogP contribution in [0.2, 0.25) is 0 Å². The zero-order valence-corrected chi connectivity index (χ0v) is 13.4. The molecule has 0 aliphatic heterocycles. The summed E-state index contributed by atoms with van der Waals surface area (Å²) in [5, 5.41) is 11.4. The molecule has 0 aromatic heterocycles. The van der Waals surface area contributed by atoms with E-state index in [0.717, 1.165) is 4.90 Å². The van der Waals surface area contributed by atoms with Crippen molar-refractivity contribution < 1.29 is 19.4 Å². The average molecular weight is 311 g/mol. The molecular formula is C15H21NO4S. The van der Waals surface area contributed by atoms with Gasteiger partial charge in [-0.1, -0.05) is 25.1 Å². The van der Waals surface area contributed by atoms with E-state index in [1.165, 1.54) is 11.8 Å². The van der Waals surface area contributed by atoms with Crippen molar-refractivity contribution in [3.05, 3.63) is 30.3 Å². The number of alkyl carbamates (subject to hydrolysis) is 1. The van der Waals surface area contributed by atoms with Crippen molar-refractivity contribution in [1.29, 1.82) is 0 Å². The number of hydrogen-bond donors (Lipinski definition) is 2. The van der Waals surface area contributed by atoms with Crippen LogP contribution in [-0.4, -0.2) is 34.1 Å². The molecule has 0 aliphatic carbocycles. The van der Waals surface area contributed by atoms with Gasteiger partial charge >= 0.3 is 12.1 Å². The first-order valence-electron chi connectivity index (χ1n) is 6.63. The highest BCUT2D eigenvalue weighted by atomic mass is 32.2. The summed E-state index contributed by atoms with van der Waals surface area (Å²) >= 11 is 1.39. The summed E-state index contributed by atoms with van der Waals surface area (Å²) in [5.41, 5.74) is -0.664. The van der Waals surface area contributed by atoms with Crippen LogP contribution in [0.1, 0.15) is 27.7 Å². The van der Waals surface area contributed by atoms with E-state index in [-0.39, 0.29) is 5.25 Å². The van der Waals surface area contributed by atoms with Crippen LogP contribution in [0.25, 0.3) is 0 Å². The Morgan fingerprint density at radius 3 is 2.29 bits per heavy atom. The Morgan fingerprint density at radius 1 is 1.24 bits per heavy atom. The average Bonchev–Trinajstić information content (AvgIpc) is 2.34.